The van der Waals surface area contributed by atoms with Crippen LogP contribution in [0.4, 0.5) is 5.69 Å². The number of aromatic nitrogens is 2. The number of rotatable bonds is 4. The van der Waals surface area contributed by atoms with Crippen molar-refractivity contribution in [2.75, 3.05) is 5.32 Å². The maximum absolute atomic E-state index is 12.5. The molecule has 2 atom stereocenters. The molecule has 3 N–H and O–H groups in total. The quantitative estimate of drug-likeness (QED) is 0.666. The van der Waals surface area contributed by atoms with E-state index in [0.29, 0.717) is 12.0 Å². The highest BCUT2D eigenvalue weighted by molar-refractivity contribution is 5.95. The second kappa shape index (κ2) is 7.13. The third-order valence-corrected chi connectivity index (χ3v) is 5.25. The highest BCUT2D eigenvalue weighted by atomic mass is 16.2. The van der Waals surface area contributed by atoms with Gasteiger partial charge in [0, 0.05) is 24.3 Å². The molecule has 0 saturated carbocycles. The van der Waals surface area contributed by atoms with E-state index in [1.54, 1.807) is 0 Å². The van der Waals surface area contributed by atoms with Gasteiger partial charge < -0.3 is 9.88 Å². The summed E-state index contributed by atoms with van der Waals surface area (Å²) in [5.74, 6) is 1.39. The number of hydrogen-bond donors (Lipinski definition) is 3. The molecule has 1 aliphatic heterocycles. The molecule has 6 heteroatoms. The van der Waals surface area contributed by atoms with Crippen molar-refractivity contribution in [1.29, 1.82) is 0 Å². The van der Waals surface area contributed by atoms with Crippen LogP contribution in [0, 0.1) is 5.92 Å². The van der Waals surface area contributed by atoms with Gasteiger partial charge in [-0.05, 0) is 48.7 Å². The Labute approximate surface area is 159 Å². The first kappa shape index (κ1) is 17.7. The fraction of sp³-hybridized carbons (Fsp3) is 0.333. The topological polar surface area (TPSA) is 71.0 Å². The predicted molar refractivity (Wildman–Crippen MR) is 108 cm³/mol. The molecule has 0 bridgehead atoms. The van der Waals surface area contributed by atoms with Crippen LogP contribution in [0.25, 0.3) is 22.4 Å². The maximum Gasteiger partial charge on any atom is 0.242 e. The monoisotopic (exact) mass is 363 g/mol. The number of amides is 1. The molecule has 2 heterocycles. The van der Waals surface area contributed by atoms with Crippen molar-refractivity contribution in [3.63, 3.8) is 0 Å². The normalized spacial score (nSPS) is 19.7. The number of hydrazine groups is 1. The lowest BCUT2D eigenvalue weighted by Gasteiger charge is -2.13. The zero-order chi connectivity index (χ0) is 19.0. The van der Waals surface area contributed by atoms with Crippen molar-refractivity contribution in [1.82, 2.24) is 20.4 Å². The van der Waals surface area contributed by atoms with Crippen molar-refractivity contribution < 1.29 is 4.79 Å². The van der Waals surface area contributed by atoms with Crippen LogP contribution in [-0.4, -0.2) is 27.5 Å². The summed E-state index contributed by atoms with van der Waals surface area (Å²) in [6.07, 6.45) is 0.793. The van der Waals surface area contributed by atoms with Gasteiger partial charge in [0.15, 0.2) is 0 Å². The van der Waals surface area contributed by atoms with Gasteiger partial charge >= 0.3 is 0 Å². The maximum atomic E-state index is 12.5. The van der Waals surface area contributed by atoms with E-state index in [-0.39, 0.29) is 11.9 Å². The van der Waals surface area contributed by atoms with Gasteiger partial charge in [-0.1, -0.05) is 26.0 Å². The van der Waals surface area contributed by atoms with Crippen LogP contribution >= 0.6 is 0 Å². The average molecular weight is 363 g/mol. The molecule has 0 radical (unpaired) electrons. The molecule has 2 unspecified atom stereocenters. The number of carbonyl (C=O) groups excluding carboxylic acids is 1. The van der Waals surface area contributed by atoms with Gasteiger partial charge in [0.2, 0.25) is 5.91 Å². The number of nitrogens with one attached hydrogen (secondary N) is 3. The van der Waals surface area contributed by atoms with Crippen molar-refractivity contribution in [2.24, 2.45) is 13.0 Å². The lowest BCUT2D eigenvalue weighted by Crippen LogP contribution is -2.40. The Bertz CT molecular complexity index is 960. The van der Waals surface area contributed by atoms with E-state index < -0.39 is 0 Å². The van der Waals surface area contributed by atoms with E-state index in [1.165, 1.54) is 0 Å². The van der Waals surface area contributed by atoms with Crippen LogP contribution in [0.3, 0.4) is 0 Å². The number of nitrogens with zero attached hydrogens (tertiary/aromatic N) is 2. The van der Waals surface area contributed by atoms with Gasteiger partial charge in [0.25, 0.3) is 0 Å². The van der Waals surface area contributed by atoms with E-state index in [0.717, 1.165) is 34.5 Å². The largest absolute Gasteiger partial charge is 0.327 e. The molecule has 1 fully saturated rings. The van der Waals surface area contributed by atoms with Crippen LogP contribution in [0.1, 0.15) is 20.3 Å². The average Bonchev–Trinajstić information content (AvgIpc) is 3.29. The highest BCUT2D eigenvalue weighted by Gasteiger charge is 2.30. The molecule has 6 nitrogen and oxygen atoms in total. The minimum atomic E-state index is -0.211. The van der Waals surface area contributed by atoms with Crippen molar-refractivity contribution in [3.05, 3.63) is 48.5 Å². The van der Waals surface area contributed by atoms with Gasteiger partial charge in [-0.25, -0.2) is 10.4 Å². The fourth-order valence-corrected chi connectivity index (χ4v) is 3.53. The van der Waals surface area contributed by atoms with Crippen LogP contribution < -0.4 is 16.2 Å². The summed E-state index contributed by atoms with van der Waals surface area (Å²) < 4.78 is 2.09. The number of fused-ring (bicyclic) bond motifs is 1. The van der Waals surface area contributed by atoms with E-state index in [4.69, 9.17) is 4.98 Å². The molecule has 2 aromatic carbocycles. The zero-order valence-electron chi connectivity index (χ0n) is 15.9. The number of benzene rings is 2. The van der Waals surface area contributed by atoms with Gasteiger partial charge in [-0.2, -0.15) is 0 Å². The molecular formula is C21H25N5O. The summed E-state index contributed by atoms with van der Waals surface area (Å²) in [5.41, 5.74) is 10.2. The second-order valence-electron chi connectivity index (χ2n) is 7.48. The Morgan fingerprint density at radius 1 is 1.15 bits per heavy atom. The minimum absolute atomic E-state index is 0.0128. The summed E-state index contributed by atoms with van der Waals surface area (Å²) >= 11 is 0. The number of aryl methyl sites for hydroxylation is 1. The van der Waals surface area contributed by atoms with Crippen molar-refractivity contribution >= 4 is 22.6 Å². The van der Waals surface area contributed by atoms with Gasteiger partial charge in [-0.3, -0.25) is 10.2 Å². The van der Waals surface area contributed by atoms with Crippen molar-refractivity contribution in [3.8, 4) is 11.4 Å². The van der Waals surface area contributed by atoms with E-state index in [1.807, 2.05) is 49.5 Å². The number of carbonyl (C=O) groups is 1. The number of anilines is 1. The first-order chi connectivity index (χ1) is 13.0. The number of imidazole rings is 1. The molecule has 0 aliphatic carbocycles. The highest BCUT2D eigenvalue weighted by Crippen LogP contribution is 2.25. The minimum Gasteiger partial charge on any atom is -0.327 e. The summed E-state index contributed by atoms with van der Waals surface area (Å²) in [5, 5.41) is 2.99. The molecule has 1 saturated heterocycles. The molecule has 1 aromatic heterocycles. The molecule has 0 spiro atoms. The van der Waals surface area contributed by atoms with Crippen LogP contribution in [0.5, 0.6) is 0 Å². The molecule has 1 aliphatic rings. The summed E-state index contributed by atoms with van der Waals surface area (Å²) in [6.45, 7) is 4.30. The zero-order valence-corrected chi connectivity index (χ0v) is 15.9. The van der Waals surface area contributed by atoms with Crippen LogP contribution in [0.15, 0.2) is 48.5 Å². The SMILES string of the molecule is CC(C)C1CC(C(=O)Nc2ccc(-c3nc4ccccc4n3C)cc2)NN1. The third-order valence-electron chi connectivity index (χ3n) is 5.25. The van der Waals surface area contributed by atoms with Gasteiger partial charge in [0.05, 0.1) is 11.0 Å². The van der Waals surface area contributed by atoms with Gasteiger partial charge in [-0.15, -0.1) is 0 Å². The van der Waals surface area contributed by atoms with Crippen molar-refractivity contribution in [2.45, 2.75) is 32.4 Å². The number of para-hydroxylation sites is 2. The Morgan fingerprint density at radius 2 is 1.89 bits per heavy atom. The standard InChI is InChI=1S/C21H25N5O/c1-13(2)17-12-18(25-24-17)21(27)22-15-10-8-14(9-11-15)20-23-16-6-4-5-7-19(16)26(20)3/h4-11,13,17-18,24-25H,12H2,1-3H3,(H,22,27). The molecule has 4 rings (SSSR count). The number of hydrogen-bond acceptors (Lipinski definition) is 4. The molecular weight excluding hydrogens is 338 g/mol. The Kier molecular flexibility index (Phi) is 4.68. The van der Waals surface area contributed by atoms with E-state index in [2.05, 4.69) is 40.6 Å². The van der Waals surface area contributed by atoms with Crippen LogP contribution in [-0.2, 0) is 11.8 Å². The van der Waals surface area contributed by atoms with E-state index >= 15 is 0 Å². The molecule has 27 heavy (non-hydrogen) atoms. The van der Waals surface area contributed by atoms with E-state index in [9.17, 15) is 4.79 Å². The predicted octanol–water partition coefficient (Wildman–Crippen LogP) is 3.07. The Morgan fingerprint density at radius 3 is 2.56 bits per heavy atom. The first-order valence-corrected chi connectivity index (χ1v) is 9.37. The summed E-state index contributed by atoms with van der Waals surface area (Å²) in [6, 6.07) is 16.0. The fourth-order valence-electron chi connectivity index (χ4n) is 3.53. The third kappa shape index (κ3) is 3.46. The smallest absolute Gasteiger partial charge is 0.242 e. The molecule has 1 amide bonds. The lowest BCUT2D eigenvalue weighted by atomic mass is 9.99. The van der Waals surface area contributed by atoms with Crippen LogP contribution in [0.2, 0.25) is 0 Å². The lowest BCUT2D eigenvalue weighted by molar-refractivity contribution is -0.117. The molecule has 3 aromatic rings. The first-order valence-electron chi connectivity index (χ1n) is 9.37. The Balaban J connectivity index is 1.47. The van der Waals surface area contributed by atoms with Gasteiger partial charge in [0.1, 0.15) is 11.9 Å². The molecule has 140 valence electrons. The summed E-state index contributed by atoms with van der Waals surface area (Å²) in [4.78, 5) is 17.2. The second-order valence-corrected chi connectivity index (χ2v) is 7.48. The summed E-state index contributed by atoms with van der Waals surface area (Å²) in [7, 11) is 2.02. The Hall–Kier alpha value is -2.70.